The van der Waals surface area contributed by atoms with Crippen LogP contribution in [0.3, 0.4) is 0 Å². The lowest BCUT2D eigenvalue weighted by molar-refractivity contribution is 0.414. The van der Waals surface area contributed by atoms with Gasteiger partial charge >= 0.3 is 5.69 Å². The number of H-pyrrole nitrogens is 1. The predicted octanol–water partition coefficient (Wildman–Crippen LogP) is 2.51. The Kier molecular flexibility index (Phi) is 5.42. The van der Waals surface area contributed by atoms with E-state index >= 15 is 0 Å². The number of para-hydroxylation sites is 1. The molecule has 0 saturated carbocycles. The maximum Gasteiger partial charge on any atom is 0.335 e. The number of rotatable bonds is 5. The van der Waals surface area contributed by atoms with Gasteiger partial charge in [0.2, 0.25) is 5.88 Å². The first kappa shape index (κ1) is 18.5. The second-order valence-corrected chi connectivity index (χ2v) is 6.01. The van der Waals surface area contributed by atoms with Crippen molar-refractivity contribution < 1.29 is 9.84 Å². The molecule has 1 aromatic heterocycles. The number of aromatic hydroxyl groups is 1. The lowest BCUT2D eigenvalue weighted by Crippen LogP contribution is -2.31. The predicted molar refractivity (Wildman–Crippen MR) is 104 cm³/mol. The van der Waals surface area contributed by atoms with Crippen LogP contribution in [0, 0.1) is 0 Å². The Morgan fingerprint density at radius 2 is 1.89 bits per heavy atom. The van der Waals surface area contributed by atoms with Crippen molar-refractivity contribution in [3.63, 3.8) is 0 Å². The van der Waals surface area contributed by atoms with E-state index in [1.165, 1.54) is 6.21 Å². The summed E-state index contributed by atoms with van der Waals surface area (Å²) in [6.45, 7) is 0.286. The molecule has 3 aromatic rings. The summed E-state index contributed by atoms with van der Waals surface area (Å²) in [6.07, 6.45) is 1.23. The van der Waals surface area contributed by atoms with Crippen LogP contribution in [0.4, 0.5) is 0 Å². The minimum absolute atomic E-state index is 0.136. The lowest BCUT2D eigenvalue weighted by atomic mass is 10.2. The number of hydrogen-bond acceptors (Lipinski definition) is 5. The van der Waals surface area contributed by atoms with Gasteiger partial charge in [-0.3, -0.25) is 14.8 Å². The highest BCUT2D eigenvalue weighted by atomic mass is 35.5. The van der Waals surface area contributed by atoms with Crippen LogP contribution in [0.2, 0.25) is 5.02 Å². The molecule has 3 rings (SSSR count). The van der Waals surface area contributed by atoms with Gasteiger partial charge in [-0.2, -0.15) is 0 Å². The number of aliphatic imine (C=N–C) groups is 1. The molecule has 0 saturated heterocycles. The summed E-state index contributed by atoms with van der Waals surface area (Å²) in [6, 6.07) is 13.8. The monoisotopic (exact) mass is 385 g/mol. The molecule has 0 bridgehead atoms. The molecule has 0 aliphatic rings. The summed E-state index contributed by atoms with van der Waals surface area (Å²) in [5.41, 5.74) is -0.523. The molecule has 0 fully saturated rings. The highest BCUT2D eigenvalue weighted by Crippen LogP contribution is 2.22. The third-order valence-corrected chi connectivity index (χ3v) is 4.19. The fraction of sp³-hybridized carbons (Fsp3) is 0.105. The quantitative estimate of drug-likeness (QED) is 0.659. The zero-order valence-corrected chi connectivity index (χ0v) is 15.1. The molecule has 8 heteroatoms. The lowest BCUT2D eigenvalue weighted by Gasteiger charge is -2.10. The van der Waals surface area contributed by atoms with E-state index in [2.05, 4.69) is 9.98 Å². The minimum atomic E-state index is -0.794. The second-order valence-electron chi connectivity index (χ2n) is 5.60. The normalized spacial score (nSPS) is 11.0. The van der Waals surface area contributed by atoms with Crippen LogP contribution in [0.25, 0.3) is 5.69 Å². The first-order valence-corrected chi connectivity index (χ1v) is 8.35. The van der Waals surface area contributed by atoms with Gasteiger partial charge < -0.3 is 9.84 Å². The van der Waals surface area contributed by atoms with Gasteiger partial charge in [-0.05, 0) is 29.8 Å². The van der Waals surface area contributed by atoms with Gasteiger partial charge in [-0.15, -0.1) is 0 Å². The first-order chi connectivity index (χ1) is 13.0. The Morgan fingerprint density at radius 1 is 1.19 bits per heavy atom. The van der Waals surface area contributed by atoms with E-state index in [1.807, 2.05) is 12.1 Å². The fourth-order valence-electron chi connectivity index (χ4n) is 2.48. The van der Waals surface area contributed by atoms with E-state index in [4.69, 9.17) is 16.3 Å². The summed E-state index contributed by atoms with van der Waals surface area (Å²) in [7, 11) is 1.58. The molecule has 0 spiro atoms. The SMILES string of the molecule is COc1ccc(CN=Cc2c(O)n(-c3ccccc3Cl)c(=O)[nH]c2=O)cc1. The van der Waals surface area contributed by atoms with Crippen LogP contribution in [-0.2, 0) is 6.54 Å². The van der Waals surface area contributed by atoms with Crippen molar-refractivity contribution in [1.82, 2.24) is 9.55 Å². The van der Waals surface area contributed by atoms with Crippen LogP contribution >= 0.6 is 11.6 Å². The number of nitrogens with one attached hydrogen (secondary N) is 1. The molecule has 0 amide bonds. The summed E-state index contributed by atoms with van der Waals surface area (Å²) in [5.74, 6) is 0.193. The van der Waals surface area contributed by atoms with Crippen molar-refractivity contribution in [3.05, 3.63) is 85.5 Å². The highest BCUT2D eigenvalue weighted by molar-refractivity contribution is 6.32. The van der Waals surface area contributed by atoms with Crippen LogP contribution in [0.15, 0.2) is 63.1 Å². The molecular formula is C19H16ClN3O4. The van der Waals surface area contributed by atoms with Gasteiger partial charge in [0.15, 0.2) is 0 Å². The third-order valence-electron chi connectivity index (χ3n) is 3.87. The van der Waals surface area contributed by atoms with Gasteiger partial charge in [0, 0.05) is 6.21 Å². The van der Waals surface area contributed by atoms with Crippen LogP contribution in [0.1, 0.15) is 11.1 Å². The van der Waals surface area contributed by atoms with Crippen LogP contribution in [0.5, 0.6) is 11.6 Å². The topological polar surface area (TPSA) is 96.7 Å². The number of methoxy groups -OCH3 is 1. The van der Waals surface area contributed by atoms with E-state index in [1.54, 1.807) is 43.5 Å². The van der Waals surface area contributed by atoms with Crippen LogP contribution in [-0.4, -0.2) is 28.0 Å². The number of halogens is 1. The van der Waals surface area contributed by atoms with E-state index in [9.17, 15) is 14.7 Å². The maximum absolute atomic E-state index is 12.2. The Bertz CT molecular complexity index is 1100. The summed E-state index contributed by atoms with van der Waals surface area (Å²) in [5, 5.41) is 10.7. The van der Waals surface area contributed by atoms with Crippen molar-refractivity contribution in [3.8, 4) is 17.3 Å². The molecule has 0 unspecified atom stereocenters. The van der Waals surface area contributed by atoms with E-state index in [0.29, 0.717) is 0 Å². The average Bonchev–Trinajstić information content (AvgIpc) is 2.66. The molecular weight excluding hydrogens is 370 g/mol. The standard InChI is InChI=1S/C19H16ClN3O4/c1-27-13-8-6-12(7-9-13)10-21-11-14-17(24)22-19(26)23(18(14)25)16-5-3-2-4-15(16)20/h2-9,11,25H,10H2,1H3,(H,22,24,26). The van der Waals surface area contributed by atoms with E-state index in [0.717, 1.165) is 15.9 Å². The van der Waals surface area contributed by atoms with Crippen LogP contribution < -0.4 is 16.0 Å². The molecule has 0 atom stereocenters. The molecule has 2 N–H and O–H groups in total. The third kappa shape index (κ3) is 3.93. The van der Waals surface area contributed by atoms with Crippen molar-refractivity contribution >= 4 is 17.8 Å². The zero-order valence-electron chi connectivity index (χ0n) is 14.3. The number of aromatic nitrogens is 2. The van der Waals surface area contributed by atoms with Crippen molar-refractivity contribution in [1.29, 1.82) is 0 Å². The molecule has 0 aliphatic carbocycles. The van der Waals surface area contributed by atoms with Gasteiger partial charge in [-0.25, -0.2) is 9.36 Å². The molecule has 2 aromatic carbocycles. The Labute approximate surface area is 159 Å². The molecule has 0 aliphatic heterocycles. The maximum atomic E-state index is 12.2. The minimum Gasteiger partial charge on any atom is -0.497 e. The largest absolute Gasteiger partial charge is 0.497 e. The van der Waals surface area contributed by atoms with Gasteiger partial charge in [0.05, 0.1) is 24.4 Å². The highest BCUT2D eigenvalue weighted by Gasteiger charge is 2.15. The zero-order chi connectivity index (χ0) is 19.4. The van der Waals surface area contributed by atoms with Gasteiger partial charge in [0.25, 0.3) is 5.56 Å². The fourth-order valence-corrected chi connectivity index (χ4v) is 2.71. The summed E-state index contributed by atoms with van der Waals surface area (Å²) >= 11 is 6.10. The van der Waals surface area contributed by atoms with E-state index < -0.39 is 17.1 Å². The van der Waals surface area contributed by atoms with Gasteiger partial charge in [-0.1, -0.05) is 35.9 Å². The Balaban J connectivity index is 1.96. The first-order valence-electron chi connectivity index (χ1n) is 7.97. The van der Waals surface area contributed by atoms with Gasteiger partial charge in [0.1, 0.15) is 11.3 Å². The molecule has 1 heterocycles. The Morgan fingerprint density at radius 3 is 2.56 bits per heavy atom. The second kappa shape index (κ2) is 7.92. The number of aromatic amines is 1. The summed E-state index contributed by atoms with van der Waals surface area (Å²) < 4.78 is 6.02. The Hall–Kier alpha value is -3.32. The molecule has 0 radical (unpaired) electrons. The number of hydrogen-bond donors (Lipinski definition) is 2. The molecule has 138 valence electrons. The van der Waals surface area contributed by atoms with Crippen molar-refractivity contribution in [2.24, 2.45) is 4.99 Å². The number of nitrogens with zero attached hydrogens (tertiary/aromatic N) is 2. The summed E-state index contributed by atoms with van der Waals surface area (Å²) in [4.78, 5) is 30.6. The smallest absolute Gasteiger partial charge is 0.335 e. The average molecular weight is 386 g/mol. The molecule has 7 nitrogen and oxygen atoms in total. The van der Waals surface area contributed by atoms with E-state index in [-0.39, 0.29) is 22.8 Å². The number of ether oxygens (including phenoxy) is 1. The van der Waals surface area contributed by atoms with Crippen molar-refractivity contribution in [2.45, 2.75) is 6.54 Å². The number of benzene rings is 2. The van der Waals surface area contributed by atoms with Crippen molar-refractivity contribution in [2.75, 3.05) is 7.11 Å². The molecule has 27 heavy (non-hydrogen) atoms.